The van der Waals surface area contributed by atoms with E-state index in [1.165, 1.54) is 11.3 Å². The van der Waals surface area contributed by atoms with E-state index in [4.69, 9.17) is 10.5 Å². The fourth-order valence-corrected chi connectivity index (χ4v) is 2.36. The molecule has 0 radical (unpaired) electrons. The Kier molecular flexibility index (Phi) is 4.62. The van der Waals surface area contributed by atoms with Gasteiger partial charge in [-0.25, -0.2) is 4.98 Å². The van der Waals surface area contributed by atoms with E-state index in [-0.39, 0.29) is 12.5 Å². The van der Waals surface area contributed by atoms with Crippen molar-refractivity contribution >= 4 is 22.4 Å². The lowest BCUT2D eigenvalue weighted by molar-refractivity contribution is -0.114. The number of hydrogen-bond acceptors (Lipinski definition) is 5. The maximum atomic E-state index is 11.2. The third-order valence-electron chi connectivity index (χ3n) is 2.47. The molecule has 5 nitrogen and oxygen atoms in total. The molecule has 0 bridgehead atoms. The fraction of sp³-hybridized carbons (Fsp3) is 0.231. The molecule has 1 heterocycles. The lowest BCUT2D eigenvalue weighted by atomic mass is 10.1. The number of rotatable bonds is 5. The van der Waals surface area contributed by atoms with Crippen molar-refractivity contribution in [2.75, 3.05) is 19.0 Å². The molecule has 0 saturated heterocycles. The quantitative estimate of drug-likeness (QED) is 0.874. The highest BCUT2D eigenvalue weighted by atomic mass is 32.1. The van der Waals surface area contributed by atoms with Crippen LogP contribution in [0, 0.1) is 0 Å². The highest BCUT2D eigenvalue weighted by molar-refractivity contribution is 7.14. The predicted octanol–water partition coefficient (Wildman–Crippen LogP) is 1.85. The maximum absolute atomic E-state index is 11.2. The summed E-state index contributed by atoms with van der Waals surface area (Å²) in [5.41, 5.74) is 8.15. The monoisotopic (exact) mass is 277 g/mol. The third kappa shape index (κ3) is 3.60. The first-order chi connectivity index (χ1) is 9.22. The van der Waals surface area contributed by atoms with Crippen LogP contribution in [-0.2, 0) is 16.1 Å². The summed E-state index contributed by atoms with van der Waals surface area (Å²) in [6.07, 6.45) is 0. The standard InChI is InChI=1S/C13H15N3O2S/c1-18-7-9-3-2-4-10(5-9)11-8-19-13(15-11)16-12(17)6-14/h2-5,8H,6-7,14H2,1H3,(H,15,16,17). The van der Waals surface area contributed by atoms with Gasteiger partial charge in [0, 0.05) is 18.1 Å². The topological polar surface area (TPSA) is 77.2 Å². The van der Waals surface area contributed by atoms with Crippen LogP contribution in [0.1, 0.15) is 5.56 Å². The fourth-order valence-electron chi connectivity index (χ4n) is 1.62. The summed E-state index contributed by atoms with van der Waals surface area (Å²) in [4.78, 5) is 15.5. The summed E-state index contributed by atoms with van der Waals surface area (Å²) in [6.45, 7) is 0.521. The molecule has 2 rings (SSSR count). The van der Waals surface area contributed by atoms with Crippen molar-refractivity contribution in [3.63, 3.8) is 0 Å². The molecule has 3 N–H and O–H groups in total. The van der Waals surface area contributed by atoms with Gasteiger partial charge in [0.1, 0.15) is 0 Å². The van der Waals surface area contributed by atoms with Crippen LogP contribution in [0.25, 0.3) is 11.3 Å². The highest BCUT2D eigenvalue weighted by Crippen LogP contribution is 2.25. The molecule has 0 aliphatic rings. The molecule has 2 aromatic rings. The van der Waals surface area contributed by atoms with Gasteiger partial charge in [-0.15, -0.1) is 11.3 Å². The molecule has 0 saturated carbocycles. The van der Waals surface area contributed by atoms with Crippen molar-refractivity contribution in [2.24, 2.45) is 5.73 Å². The molecular weight excluding hydrogens is 262 g/mol. The molecule has 0 atom stereocenters. The number of methoxy groups -OCH3 is 1. The summed E-state index contributed by atoms with van der Waals surface area (Å²) < 4.78 is 5.10. The summed E-state index contributed by atoms with van der Waals surface area (Å²) in [5.74, 6) is -0.242. The lowest BCUT2D eigenvalue weighted by Gasteiger charge is -2.02. The molecule has 19 heavy (non-hydrogen) atoms. The van der Waals surface area contributed by atoms with Crippen molar-refractivity contribution in [2.45, 2.75) is 6.61 Å². The molecule has 0 aliphatic heterocycles. The van der Waals surface area contributed by atoms with Crippen molar-refractivity contribution in [1.29, 1.82) is 0 Å². The first-order valence-corrected chi connectivity index (χ1v) is 6.64. The first-order valence-electron chi connectivity index (χ1n) is 5.76. The Morgan fingerprint density at radius 1 is 1.53 bits per heavy atom. The first kappa shape index (κ1) is 13.7. The van der Waals surface area contributed by atoms with Crippen LogP contribution in [-0.4, -0.2) is 24.5 Å². The van der Waals surface area contributed by atoms with Crippen LogP contribution in [0.15, 0.2) is 29.6 Å². The Hall–Kier alpha value is -1.76. The minimum atomic E-state index is -0.242. The molecule has 0 spiro atoms. The number of carbonyl (C=O) groups excluding carboxylic acids is 1. The van der Waals surface area contributed by atoms with E-state index < -0.39 is 0 Å². The Balaban J connectivity index is 2.17. The molecule has 1 aromatic carbocycles. The molecule has 0 unspecified atom stereocenters. The van der Waals surface area contributed by atoms with Crippen molar-refractivity contribution in [1.82, 2.24) is 4.98 Å². The SMILES string of the molecule is COCc1cccc(-c2csc(NC(=O)CN)n2)c1. The number of nitrogens with two attached hydrogens (primary N) is 1. The van der Waals surface area contributed by atoms with Gasteiger partial charge in [0.2, 0.25) is 5.91 Å². The Labute approximate surface area is 115 Å². The molecule has 0 aliphatic carbocycles. The number of anilines is 1. The second kappa shape index (κ2) is 6.42. The molecule has 100 valence electrons. The van der Waals surface area contributed by atoms with Gasteiger partial charge in [-0.1, -0.05) is 18.2 Å². The van der Waals surface area contributed by atoms with Crippen LogP contribution >= 0.6 is 11.3 Å². The van der Waals surface area contributed by atoms with Crippen LogP contribution in [0.3, 0.4) is 0 Å². The van der Waals surface area contributed by atoms with Gasteiger partial charge in [-0.05, 0) is 11.6 Å². The third-order valence-corrected chi connectivity index (χ3v) is 3.23. The van der Waals surface area contributed by atoms with Gasteiger partial charge >= 0.3 is 0 Å². The van der Waals surface area contributed by atoms with Crippen molar-refractivity contribution < 1.29 is 9.53 Å². The van der Waals surface area contributed by atoms with Crippen molar-refractivity contribution in [3.8, 4) is 11.3 Å². The van der Waals surface area contributed by atoms with E-state index in [2.05, 4.69) is 10.3 Å². The highest BCUT2D eigenvalue weighted by Gasteiger charge is 2.07. The zero-order chi connectivity index (χ0) is 13.7. The largest absolute Gasteiger partial charge is 0.380 e. The van der Waals surface area contributed by atoms with Gasteiger partial charge in [0.25, 0.3) is 0 Å². The van der Waals surface area contributed by atoms with E-state index in [1.807, 2.05) is 29.6 Å². The number of amides is 1. The zero-order valence-electron chi connectivity index (χ0n) is 10.6. The van der Waals surface area contributed by atoms with Crippen LogP contribution in [0.5, 0.6) is 0 Å². The number of hydrogen-bond donors (Lipinski definition) is 2. The maximum Gasteiger partial charge on any atom is 0.239 e. The zero-order valence-corrected chi connectivity index (χ0v) is 11.4. The molecule has 0 fully saturated rings. The minimum absolute atomic E-state index is 0.0434. The predicted molar refractivity (Wildman–Crippen MR) is 75.9 cm³/mol. The van der Waals surface area contributed by atoms with E-state index in [1.54, 1.807) is 7.11 Å². The van der Waals surface area contributed by atoms with E-state index in [0.717, 1.165) is 16.8 Å². The molecule has 1 aromatic heterocycles. The van der Waals surface area contributed by atoms with Gasteiger partial charge in [0.15, 0.2) is 5.13 Å². The van der Waals surface area contributed by atoms with Crippen LogP contribution in [0.4, 0.5) is 5.13 Å². The van der Waals surface area contributed by atoms with Gasteiger partial charge in [-0.3, -0.25) is 4.79 Å². The Morgan fingerprint density at radius 3 is 3.11 bits per heavy atom. The van der Waals surface area contributed by atoms with E-state index in [9.17, 15) is 4.79 Å². The second-order valence-corrected chi connectivity index (χ2v) is 4.78. The summed E-state index contributed by atoms with van der Waals surface area (Å²) in [5, 5.41) is 5.10. The number of benzene rings is 1. The molecule has 1 amide bonds. The number of aromatic nitrogens is 1. The van der Waals surface area contributed by atoms with E-state index in [0.29, 0.717) is 11.7 Å². The Morgan fingerprint density at radius 2 is 2.37 bits per heavy atom. The van der Waals surface area contributed by atoms with E-state index >= 15 is 0 Å². The average Bonchev–Trinajstić information content (AvgIpc) is 2.88. The van der Waals surface area contributed by atoms with Crippen LogP contribution < -0.4 is 11.1 Å². The normalized spacial score (nSPS) is 10.4. The summed E-state index contributed by atoms with van der Waals surface area (Å²) in [7, 11) is 1.66. The van der Waals surface area contributed by atoms with Gasteiger partial charge < -0.3 is 15.8 Å². The number of nitrogens with zero attached hydrogens (tertiary/aromatic N) is 1. The lowest BCUT2D eigenvalue weighted by Crippen LogP contribution is -2.21. The Bertz CT molecular complexity index is 569. The minimum Gasteiger partial charge on any atom is -0.380 e. The number of ether oxygens (including phenoxy) is 1. The number of nitrogens with one attached hydrogen (secondary N) is 1. The van der Waals surface area contributed by atoms with Crippen molar-refractivity contribution in [3.05, 3.63) is 35.2 Å². The number of carbonyl (C=O) groups is 1. The van der Waals surface area contributed by atoms with Crippen LogP contribution in [0.2, 0.25) is 0 Å². The summed E-state index contributed by atoms with van der Waals surface area (Å²) in [6, 6.07) is 7.95. The molecule has 6 heteroatoms. The average molecular weight is 277 g/mol. The molecular formula is C13H15N3O2S. The summed E-state index contributed by atoms with van der Waals surface area (Å²) >= 11 is 1.38. The smallest absolute Gasteiger partial charge is 0.239 e. The van der Waals surface area contributed by atoms with Gasteiger partial charge in [-0.2, -0.15) is 0 Å². The van der Waals surface area contributed by atoms with Gasteiger partial charge in [0.05, 0.1) is 18.8 Å². The second-order valence-electron chi connectivity index (χ2n) is 3.92. The number of thiazole rings is 1.